The summed E-state index contributed by atoms with van der Waals surface area (Å²) in [6.07, 6.45) is 0.787. The molecule has 0 radical (unpaired) electrons. The van der Waals surface area contributed by atoms with Crippen LogP contribution in [-0.4, -0.2) is 48.4 Å². The highest BCUT2D eigenvalue weighted by atomic mass is 16.5. The number of nitrogens with zero attached hydrogens (tertiary/aromatic N) is 2. The third kappa shape index (κ3) is 4.85. The minimum Gasteiger partial charge on any atom is -0.497 e. The van der Waals surface area contributed by atoms with Crippen molar-refractivity contribution in [2.24, 2.45) is 0 Å². The van der Waals surface area contributed by atoms with E-state index in [-0.39, 0.29) is 36.9 Å². The summed E-state index contributed by atoms with van der Waals surface area (Å²) in [6.45, 7) is 5.73. The largest absolute Gasteiger partial charge is 0.497 e. The van der Waals surface area contributed by atoms with E-state index in [0.29, 0.717) is 11.3 Å². The van der Waals surface area contributed by atoms with Crippen LogP contribution in [-0.2, 0) is 16.1 Å². The average Bonchev–Trinajstić information content (AvgIpc) is 3.15. The number of carbonyl (C=O) groups is 3. The third-order valence-corrected chi connectivity index (χ3v) is 6.62. The molecular weight excluding hydrogens is 442 g/mol. The van der Waals surface area contributed by atoms with Crippen LogP contribution < -0.4 is 15.0 Å². The first kappa shape index (κ1) is 24.3. The number of ether oxygens (including phenoxy) is 1. The predicted octanol–water partition coefficient (Wildman–Crippen LogP) is 4.14. The highest BCUT2D eigenvalue weighted by Gasteiger charge is 2.34. The predicted molar refractivity (Wildman–Crippen MR) is 137 cm³/mol. The number of hydrogen-bond acceptors (Lipinski definition) is 4. The molecule has 0 bridgehead atoms. The monoisotopic (exact) mass is 473 g/mol. The topological polar surface area (TPSA) is 79.0 Å². The minimum absolute atomic E-state index is 0.00449. The summed E-state index contributed by atoms with van der Waals surface area (Å²) in [5, 5.41) is 4.78. The Morgan fingerprint density at radius 2 is 1.71 bits per heavy atom. The van der Waals surface area contributed by atoms with Crippen molar-refractivity contribution in [3.63, 3.8) is 0 Å². The molecule has 0 saturated carbocycles. The van der Waals surface area contributed by atoms with Crippen molar-refractivity contribution in [3.8, 4) is 5.75 Å². The van der Waals surface area contributed by atoms with Crippen LogP contribution in [0, 0.1) is 0 Å². The van der Waals surface area contributed by atoms with Crippen molar-refractivity contribution in [2.75, 3.05) is 18.6 Å². The molecule has 1 aliphatic heterocycles. The molecule has 4 rings (SSSR count). The summed E-state index contributed by atoms with van der Waals surface area (Å²) >= 11 is 0. The quantitative estimate of drug-likeness (QED) is 0.507. The first-order valence-corrected chi connectivity index (χ1v) is 11.9. The van der Waals surface area contributed by atoms with Crippen molar-refractivity contribution in [1.82, 2.24) is 10.2 Å². The first-order valence-electron chi connectivity index (χ1n) is 11.9. The Labute approximate surface area is 205 Å². The van der Waals surface area contributed by atoms with Gasteiger partial charge >= 0.3 is 0 Å². The van der Waals surface area contributed by atoms with Gasteiger partial charge in [-0.05, 0) is 55.5 Å². The number of anilines is 1. The molecule has 0 fully saturated rings. The highest BCUT2D eigenvalue weighted by Crippen LogP contribution is 2.37. The minimum atomic E-state index is -0.713. The number of amides is 3. The fourth-order valence-corrected chi connectivity index (χ4v) is 4.34. The zero-order chi connectivity index (χ0) is 25.1. The van der Waals surface area contributed by atoms with Gasteiger partial charge in [0, 0.05) is 23.5 Å². The summed E-state index contributed by atoms with van der Waals surface area (Å²) in [5.41, 5.74) is 2.17. The van der Waals surface area contributed by atoms with Gasteiger partial charge in [0.25, 0.3) is 5.91 Å². The number of benzene rings is 3. The fraction of sp³-hybridized carbons (Fsp3) is 0.321. The first-order chi connectivity index (χ1) is 16.8. The van der Waals surface area contributed by atoms with E-state index in [1.165, 1.54) is 9.80 Å². The zero-order valence-corrected chi connectivity index (χ0v) is 20.6. The van der Waals surface area contributed by atoms with Crippen LogP contribution >= 0.6 is 0 Å². The van der Waals surface area contributed by atoms with Gasteiger partial charge in [0.2, 0.25) is 11.8 Å². The second-order valence-electron chi connectivity index (χ2n) is 8.94. The molecule has 0 saturated heterocycles. The average molecular weight is 474 g/mol. The Balaban J connectivity index is 1.61. The van der Waals surface area contributed by atoms with Gasteiger partial charge in [-0.1, -0.05) is 43.3 Å². The van der Waals surface area contributed by atoms with E-state index in [4.69, 9.17) is 4.74 Å². The van der Waals surface area contributed by atoms with Crippen molar-refractivity contribution in [2.45, 2.75) is 45.8 Å². The SMILES string of the molecule is CCC(C)NC(=O)C(C)N(Cc1ccc(OC)cc1)C(=O)CN1C(=O)c2cccc3cccc1c23. The second-order valence-corrected chi connectivity index (χ2v) is 8.94. The van der Waals surface area contributed by atoms with Crippen molar-refractivity contribution >= 4 is 34.2 Å². The van der Waals surface area contributed by atoms with Gasteiger partial charge in [0.05, 0.1) is 12.8 Å². The van der Waals surface area contributed by atoms with Gasteiger partial charge in [0.15, 0.2) is 0 Å². The number of nitrogens with one attached hydrogen (secondary N) is 1. The smallest absolute Gasteiger partial charge is 0.259 e. The number of hydrogen-bond donors (Lipinski definition) is 1. The molecule has 3 aromatic rings. The lowest BCUT2D eigenvalue weighted by atomic mass is 10.1. The third-order valence-electron chi connectivity index (χ3n) is 6.62. The Hall–Kier alpha value is -3.87. The Bertz CT molecular complexity index is 1250. The van der Waals surface area contributed by atoms with Crippen LogP contribution in [0.4, 0.5) is 5.69 Å². The van der Waals surface area contributed by atoms with Gasteiger partial charge in [-0.25, -0.2) is 0 Å². The van der Waals surface area contributed by atoms with E-state index in [2.05, 4.69) is 5.32 Å². The van der Waals surface area contributed by atoms with Crippen molar-refractivity contribution < 1.29 is 19.1 Å². The standard InChI is InChI=1S/C28H31N3O4/c1-5-18(2)29-27(33)19(3)30(16-20-12-14-22(35-4)15-13-20)25(32)17-31-24-11-7-9-21-8-6-10-23(26(21)24)28(31)34/h6-15,18-19H,5,16-17H2,1-4H3,(H,29,33). The van der Waals surface area contributed by atoms with Crippen LogP contribution in [0.2, 0.25) is 0 Å². The fourth-order valence-electron chi connectivity index (χ4n) is 4.34. The zero-order valence-electron chi connectivity index (χ0n) is 20.6. The lowest BCUT2D eigenvalue weighted by molar-refractivity contribution is -0.139. The summed E-state index contributed by atoms with van der Waals surface area (Å²) in [6, 6.07) is 18.0. The number of methoxy groups -OCH3 is 1. The molecule has 2 atom stereocenters. The molecule has 1 N–H and O–H groups in total. The van der Waals surface area contributed by atoms with E-state index in [1.807, 2.05) is 68.4 Å². The summed E-state index contributed by atoms with van der Waals surface area (Å²) in [4.78, 5) is 42.9. The maximum Gasteiger partial charge on any atom is 0.259 e. The van der Waals surface area contributed by atoms with Gasteiger partial charge in [-0.2, -0.15) is 0 Å². The molecule has 7 heteroatoms. The Morgan fingerprint density at radius 1 is 1.03 bits per heavy atom. The Morgan fingerprint density at radius 3 is 2.37 bits per heavy atom. The maximum absolute atomic E-state index is 13.7. The van der Waals surface area contributed by atoms with Crippen molar-refractivity contribution in [3.05, 3.63) is 71.8 Å². The second kappa shape index (κ2) is 10.2. The normalized spacial score (nSPS) is 14.1. The summed E-state index contributed by atoms with van der Waals surface area (Å²) < 4.78 is 5.23. The van der Waals surface area contributed by atoms with Gasteiger partial charge in [-0.3, -0.25) is 19.3 Å². The molecule has 2 unspecified atom stereocenters. The molecule has 182 valence electrons. The summed E-state index contributed by atoms with van der Waals surface area (Å²) in [5.74, 6) is -0.0147. The summed E-state index contributed by atoms with van der Waals surface area (Å²) in [7, 11) is 1.60. The molecular formula is C28H31N3O4. The van der Waals surface area contributed by atoms with Gasteiger partial charge in [-0.15, -0.1) is 0 Å². The van der Waals surface area contributed by atoms with Crippen LogP contribution in [0.25, 0.3) is 10.8 Å². The van der Waals surface area contributed by atoms with E-state index in [1.54, 1.807) is 20.1 Å². The molecule has 1 heterocycles. The van der Waals surface area contributed by atoms with E-state index in [0.717, 1.165) is 28.4 Å². The van der Waals surface area contributed by atoms with E-state index >= 15 is 0 Å². The molecule has 3 aromatic carbocycles. The molecule has 7 nitrogen and oxygen atoms in total. The molecule has 0 aromatic heterocycles. The van der Waals surface area contributed by atoms with E-state index in [9.17, 15) is 14.4 Å². The van der Waals surface area contributed by atoms with Gasteiger partial charge in [0.1, 0.15) is 18.3 Å². The van der Waals surface area contributed by atoms with Gasteiger partial charge < -0.3 is 15.0 Å². The molecule has 35 heavy (non-hydrogen) atoms. The number of carbonyl (C=O) groups excluding carboxylic acids is 3. The maximum atomic E-state index is 13.7. The lowest BCUT2D eigenvalue weighted by Crippen LogP contribution is -2.52. The highest BCUT2D eigenvalue weighted by molar-refractivity contribution is 6.26. The van der Waals surface area contributed by atoms with Crippen LogP contribution in [0.3, 0.4) is 0 Å². The van der Waals surface area contributed by atoms with Crippen LogP contribution in [0.15, 0.2) is 60.7 Å². The molecule has 1 aliphatic rings. The Kier molecular flexibility index (Phi) is 7.05. The molecule has 0 aliphatic carbocycles. The molecule has 3 amide bonds. The van der Waals surface area contributed by atoms with Crippen LogP contribution in [0.1, 0.15) is 43.1 Å². The lowest BCUT2D eigenvalue weighted by Gasteiger charge is -2.31. The van der Waals surface area contributed by atoms with Crippen molar-refractivity contribution in [1.29, 1.82) is 0 Å². The molecule has 0 spiro atoms. The number of rotatable bonds is 9. The van der Waals surface area contributed by atoms with E-state index < -0.39 is 6.04 Å². The van der Waals surface area contributed by atoms with Crippen LogP contribution in [0.5, 0.6) is 5.75 Å².